The van der Waals surface area contributed by atoms with Crippen molar-refractivity contribution >= 4 is 11.3 Å². The van der Waals surface area contributed by atoms with E-state index < -0.39 is 0 Å². The van der Waals surface area contributed by atoms with Gasteiger partial charge in [0.15, 0.2) is 0 Å². The van der Waals surface area contributed by atoms with E-state index in [1.807, 2.05) is 13.8 Å². The summed E-state index contributed by atoms with van der Waals surface area (Å²) in [7, 11) is 0. The molecule has 0 saturated heterocycles. The zero-order valence-electron chi connectivity index (χ0n) is 4.93. The molecule has 2 heteroatoms. The van der Waals surface area contributed by atoms with Crippen LogP contribution in [0.2, 0.25) is 0 Å². The molecular formula is C6H8OS. The van der Waals surface area contributed by atoms with E-state index in [2.05, 4.69) is 0 Å². The van der Waals surface area contributed by atoms with Crippen LogP contribution >= 0.6 is 11.3 Å². The second kappa shape index (κ2) is 1.78. The van der Waals surface area contributed by atoms with Gasteiger partial charge in [-0.05, 0) is 13.8 Å². The predicted octanol–water partition coefficient (Wildman–Crippen LogP) is 2.07. The molecule has 0 aromatic carbocycles. The van der Waals surface area contributed by atoms with Crippen LogP contribution in [0.1, 0.15) is 10.4 Å². The molecule has 0 aliphatic heterocycles. The van der Waals surface area contributed by atoms with Crippen molar-refractivity contribution in [2.24, 2.45) is 0 Å². The summed E-state index contributed by atoms with van der Waals surface area (Å²) >= 11 is 1.58. The lowest BCUT2D eigenvalue weighted by Crippen LogP contribution is -1.65. The van der Waals surface area contributed by atoms with E-state index in [0.717, 1.165) is 5.56 Å². The first-order valence-electron chi connectivity index (χ1n) is 2.45. The third-order valence-electron chi connectivity index (χ3n) is 1.26. The van der Waals surface area contributed by atoms with Gasteiger partial charge in [-0.1, -0.05) is 0 Å². The van der Waals surface area contributed by atoms with E-state index in [-0.39, 0.29) is 0 Å². The second-order valence-electron chi connectivity index (χ2n) is 1.80. The molecule has 1 heterocycles. The Morgan fingerprint density at radius 1 is 1.50 bits per heavy atom. The van der Waals surface area contributed by atoms with Crippen LogP contribution in [-0.2, 0) is 0 Å². The molecule has 0 aliphatic rings. The van der Waals surface area contributed by atoms with E-state index in [4.69, 9.17) is 5.11 Å². The normalized spacial score (nSPS) is 9.75. The predicted molar refractivity (Wildman–Crippen MR) is 35.5 cm³/mol. The van der Waals surface area contributed by atoms with Crippen molar-refractivity contribution < 1.29 is 5.11 Å². The summed E-state index contributed by atoms with van der Waals surface area (Å²) in [4.78, 5) is 1.20. The Morgan fingerprint density at radius 3 is 2.25 bits per heavy atom. The molecule has 0 bridgehead atoms. The molecule has 0 unspecified atom stereocenters. The fourth-order valence-corrected chi connectivity index (χ4v) is 1.25. The van der Waals surface area contributed by atoms with Gasteiger partial charge in [0.25, 0.3) is 0 Å². The van der Waals surface area contributed by atoms with E-state index in [0.29, 0.717) is 5.75 Å². The second-order valence-corrected chi connectivity index (χ2v) is 2.89. The SMILES string of the molecule is Cc1scc(O)c1C. The van der Waals surface area contributed by atoms with E-state index in [1.165, 1.54) is 4.88 Å². The fraction of sp³-hybridized carbons (Fsp3) is 0.333. The van der Waals surface area contributed by atoms with Crippen molar-refractivity contribution in [3.8, 4) is 5.75 Å². The molecule has 1 rings (SSSR count). The molecule has 0 fully saturated rings. The summed E-state index contributed by atoms with van der Waals surface area (Å²) in [6.07, 6.45) is 0. The van der Waals surface area contributed by atoms with Crippen LogP contribution in [0.15, 0.2) is 5.38 Å². The summed E-state index contributed by atoms with van der Waals surface area (Å²) in [5.74, 6) is 0.424. The van der Waals surface area contributed by atoms with Gasteiger partial charge in [0.1, 0.15) is 5.75 Å². The average Bonchev–Trinajstić information content (AvgIpc) is 1.98. The van der Waals surface area contributed by atoms with Gasteiger partial charge in [-0.3, -0.25) is 0 Å². The monoisotopic (exact) mass is 128 g/mol. The lowest BCUT2D eigenvalue weighted by Gasteiger charge is -1.85. The molecule has 0 spiro atoms. The molecule has 1 nitrogen and oxygen atoms in total. The smallest absolute Gasteiger partial charge is 0.129 e. The molecule has 0 aliphatic carbocycles. The first-order chi connectivity index (χ1) is 3.72. The summed E-state index contributed by atoms with van der Waals surface area (Å²) < 4.78 is 0. The maximum atomic E-state index is 8.95. The van der Waals surface area contributed by atoms with Crippen molar-refractivity contribution in [3.63, 3.8) is 0 Å². The van der Waals surface area contributed by atoms with Gasteiger partial charge < -0.3 is 5.11 Å². The quantitative estimate of drug-likeness (QED) is 0.567. The minimum Gasteiger partial charge on any atom is -0.507 e. The van der Waals surface area contributed by atoms with Gasteiger partial charge in [-0.25, -0.2) is 0 Å². The van der Waals surface area contributed by atoms with Gasteiger partial charge >= 0.3 is 0 Å². The van der Waals surface area contributed by atoms with Crippen molar-refractivity contribution in [1.29, 1.82) is 0 Å². The molecule has 8 heavy (non-hydrogen) atoms. The van der Waals surface area contributed by atoms with Gasteiger partial charge in [-0.15, -0.1) is 11.3 Å². The summed E-state index contributed by atoms with van der Waals surface area (Å²) in [5, 5.41) is 10.7. The van der Waals surface area contributed by atoms with Crippen molar-refractivity contribution in [1.82, 2.24) is 0 Å². The van der Waals surface area contributed by atoms with Gasteiger partial charge in [0.2, 0.25) is 0 Å². The Hall–Kier alpha value is -0.500. The number of hydrogen-bond acceptors (Lipinski definition) is 2. The van der Waals surface area contributed by atoms with E-state index in [1.54, 1.807) is 16.7 Å². The van der Waals surface area contributed by atoms with E-state index in [9.17, 15) is 0 Å². The van der Waals surface area contributed by atoms with Crippen LogP contribution in [0.25, 0.3) is 0 Å². The maximum Gasteiger partial charge on any atom is 0.129 e. The minimum atomic E-state index is 0.424. The highest BCUT2D eigenvalue weighted by atomic mass is 32.1. The van der Waals surface area contributed by atoms with Crippen LogP contribution in [-0.4, -0.2) is 5.11 Å². The van der Waals surface area contributed by atoms with Gasteiger partial charge in [0, 0.05) is 15.8 Å². The third kappa shape index (κ3) is 0.713. The van der Waals surface area contributed by atoms with Crippen molar-refractivity contribution in [3.05, 3.63) is 15.8 Å². The first-order valence-corrected chi connectivity index (χ1v) is 3.33. The standard InChI is InChI=1S/C6H8OS/c1-4-5(2)8-3-6(4)7/h3,7H,1-2H3. The largest absolute Gasteiger partial charge is 0.507 e. The highest BCUT2D eigenvalue weighted by Gasteiger charge is 1.98. The molecule has 0 atom stereocenters. The Kier molecular flexibility index (Phi) is 1.26. The van der Waals surface area contributed by atoms with Crippen LogP contribution < -0.4 is 0 Å². The fourth-order valence-electron chi connectivity index (χ4n) is 0.501. The molecule has 1 aromatic rings. The molecule has 0 radical (unpaired) electrons. The van der Waals surface area contributed by atoms with Crippen LogP contribution in [0.5, 0.6) is 5.75 Å². The maximum absolute atomic E-state index is 8.95. The van der Waals surface area contributed by atoms with Crippen LogP contribution in [0.4, 0.5) is 0 Å². The summed E-state index contributed by atoms with van der Waals surface area (Å²) in [5.41, 5.74) is 1.01. The van der Waals surface area contributed by atoms with Crippen molar-refractivity contribution in [2.75, 3.05) is 0 Å². The van der Waals surface area contributed by atoms with Gasteiger partial charge in [-0.2, -0.15) is 0 Å². The Labute approximate surface area is 52.6 Å². The van der Waals surface area contributed by atoms with Gasteiger partial charge in [0.05, 0.1) is 0 Å². The zero-order valence-corrected chi connectivity index (χ0v) is 5.75. The molecule has 1 aromatic heterocycles. The van der Waals surface area contributed by atoms with Crippen LogP contribution in [0, 0.1) is 13.8 Å². The number of aryl methyl sites for hydroxylation is 1. The number of rotatable bonds is 0. The Morgan fingerprint density at radius 2 is 2.12 bits per heavy atom. The lowest BCUT2D eigenvalue weighted by atomic mass is 10.3. The zero-order chi connectivity index (χ0) is 6.15. The minimum absolute atomic E-state index is 0.424. The molecular weight excluding hydrogens is 120 g/mol. The molecule has 0 saturated carbocycles. The number of hydrogen-bond donors (Lipinski definition) is 1. The highest BCUT2D eigenvalue weighted by Crippen LogP contribution is 2.25. The Bertz CT molecular complexity index is 171. The van der Waals surface area contributed by atoms with Crippen LogP contribution in [0.3, 0.4) is 0 Å². The number of aromatic hydroxyl groups is 1. The molecule has 1 N–H and O–H groups in total. The summed E-state index contributed by atoms with van der Waals surface area (Å²) in [6, 6.07) is 0. The van der Waals surface area contributed by atoms with Crippen molar-refractivity contribution in [2.45, 2.75) is 13.8 Å². The highest BCUT2D eigenvalue weighted by molar-refractivity contribution is 7.10. The lowest BCUT2D eigenvalue weighted by molar-refractivity contribution is 0.473. The topological polar surface area (TPSA) is 20.2 Å². The molecule has 44 valence electrons. The third-order valence-corrected chi connectivity index (χ3v) is 2.26. The molecule has 0 amide bonds. The average molecular weight is 128 g/mol. The summed E-state index contributed by atoms with van der Waals surface area (Å²) in [6.45, 7) is 3.92. The van der Waals surface area contributed by atoms with E-state index >= 15 is 0 Å². The first kappa shape index (κ1) is 5.63. The Balaban J connectivity index is 3.19. The number of thiophene rings is 1.